The van der Waals surface area contributed by atoms with Gasteiger partial charge in [0.1, 0.15) is 5.78 Å². The molecular formula is C9H17NO3. The second kappa shape index (κ2) is 6.60. The zero-order valence-electron chi connectivity index (χ0n) is 8.21. The summed E-state index contributed by atoms with van der Waals surface area (Å²) in [4.78, 5) is 21.3. The number of Topliss-reactive ketones (excluding diaryl/α,β-unsaturated/α-hetero) is 1. The van der Waals surface area contributed by atoms with Crippen LogP contribution in [-0.4, -0.2) is 24.9 Å². The minimum absolute atomic E-state index is 0.0553. The van der Waals surface area contributed by atoms with Crippen LogP contribution in [0.2, 0.25) is 0 Å². The molecule has 0 aromatic carbocycles. The molecule has 1 amide bonds. The van der Waals surface area contributed by atoms with Crippen LogP contribution in [0.1, 0.15) is 26.7 Å². The molecule has 0 saturated heterocycles. The third kappa shape index (κ3) is 7.46. The van der Waals surface area contributed by atoms with Crippen molar-refractivity contribution in [3.8, 4) is 0 Å². The molecular weight excluding hydrogens is 170 g/mol. The van der Waals surface area contributed by atoms with Gasteiger partial charge in [0.25, 0.3) is 0 Å². The predicted molar refractivity (Wildman–Crippen MR) is 49.1 cm³/mol. The minimum atomic E-state index is -0.379. The largest absolute Gasteiger partial charge is 0.380 e. The van der Waals surface area contributed by atoms with E-state index in [1.807, 2.05) is 13.8 Å². The van der Waals surface area contributed by atoms with E-state index < -0.39 is 0 Å². The van der Waals surface area contributed by atoms with E-state index in [9.17, 15) is 9.59 Å². The van der Waals surface area contributed by atoms with Crippen LogP contribution in [0.25, 0.3) is 0 Å². The number of hydrogen-bond acceptors (Lipinski definition) is 3. The number of amides is 1. The van der Waals surface area contributed by atoms with Crippen molar-refractivity contribution in [1.82, 2.24) is 0 Å². The molecule has 4 heteroatoms. The summed E-state index contributed by atoms with van der Waals surface area (Å²) >= 11 is 0. The molecule has 0 saturated carbocycles. The normalized spacial score (nSPS) is 10.4. The van der Waals surface area contributed by atoms with Crippen LogP contribution < -0.4 is 5.73 Å². The lowest BCUT2D eigenvalue weighted by Crippen LogP contribution is -2.15. The first-order chi connectivity index (χ1) is 6.04. The Hall–Kier alpha value is -0.900. The Morgan fingerprint density at radius 1 is 1.23 bits per heavy atom. The summed E-state index contributed by atoms with van der Waals surface area (Å²) in [6.07, 6.45) is 0.631. The fourth-order valence-electron chi connectivity index (χ4n) is 0.736. The molecule has 4 nitrogen and oxygen atoms in total. The highest BCUT2D eigenvalue weighted by Gasteiger charge is 2.06. The first-order valence-electron chi connectivity index (χ1n) is 4.42. The van der Waals surface area contributed by atoms with Crippen molar-refractivity contribution in [1.29, 1.82) is 0 Å². The highest BCUT2D eigenvalue weighted by Crippen LogP contribution is 1.98. The number of ketones is 1. The van der Waals surface area contributed by atoms with Gasteiger partial charge in [-0.15, -0.1) is 0 Å². The average Bonchev–Trinajstić information content (AvgIpc) is 2.02. The maximum absolute atomic E-state index is 11.1. The second-order valence-corrected chi connectivity index (χ2v) is 3.20. The zero-order valence-corrected chi connectivity index (χ0v) is 8.21. The van der Waals surface area contributed by atoms with Crippen LogP contribution >= 0.6 is 0 Å². The number of rotatable bonds is 7. The number of ether oxygens (including phenoxy) is 1. The van der Waals surface area contributed by atoms with Crippen LogP contribution in [0, 0.1) is 5.92 Å². The van der Waals surface area contributed by atoms with E-state index >= 15 is 0 Å². The maximum atomic E-state index is 11.1. The Kier molecular flexibility index (Phi) is 6.14. The van der Waals surface area contributed by atoms with E-state index in [0.717, 1.165) is 0 Å². The Labute approximate surface area is 78.4 Å². The summed E-state index contributed by atoms with van der Waals surface area (Å²) in [5.41, 5.74) is 4.90. The van der Waals surface area contributed by atoms with Crippen LogP contribution in [0.3, 0.4) is 0 Å². The number of primary amides is 1. The molecule has 0 bridgehead atoms. The Balaban J connectivity index is 3.26. The van der Waals surface area contributed by atoms with Crippen LogP contribution in [-0.2, 0) is 14.3 Å². The van der Waals surface area contributed by atoms with Gasteiger partial charge in [-0.25, -0.2) is 0 Å². The molecule has 0 aliphatic carbocycles. The van der Waals surface area contributed by atoms with Gasteiger partial charge in [0.15, 0.2) is 0 Å². The molecule has 76 valence electrons. The summed E-state index contributed by atoms with van der Waals surface area (Å²) in [5, 5.41) is 0. The number of hydrogen-bond donors (Lipinski definition) is 1. The van der Waals surface area contributed by atoms with Gasteiger partial charge in [0, 0.05) is 18.8 Å². The molecule has 0 radical (unpaired) electrons. The zero-order chi connectivity index (χ0) is 10.3. The first kappa shape index (κ1) is 12.1. The van der Waals surface area contributed by atoms with Crippen molar-refractivity contribution in [2.45, 2.75) is 26.7 Å². The molecule has 0 unspecified atom stereocenters. The van der Waals surface area contributed by atoms with Crippen molar-refractivity contribution >= 4 is 11.7 Å². The highest BCUT2D eigenvalue weighted by atomic mass is 16.5. The molecule has 0 atom stereocenters. The van der Waals surface area contributed by atoms with Gasteiger partial charge < -0.3 is 10.5 Å². The van der Waals surface area contributed by atoms with Gasteiger partial charge >= 0.3 is 0 Å². The average molecular weight is 187 g/mol. The van der Waals surface area contributed by atoms with E-state index in [2.05, 4.69) is 0 Å². The van der Waals surface area contributed by atoms with Crippen molar-refractivity contribution in [3.05, 3.63) is 0 Å². The smallest absolute Gasteiger partial charge is 0.219 e. The van der Waals surface area contributed by atoms with E-state index in [4.69, 9.17) is 10.5 Å². The van der Waals surface area contributed by atoms with E-state index in [-0.39, 0.29) is 24.0 Å². The Morgan fingerprint density at radius 3 is 2.23 bits per heavy atom. The van der Waals surface area contributed by atoms with Crippen molar-refractivity contribution in [2.75, 3.05) is 13.2 Å². The topological polar surface area (TPSA) is 69.4 Å². The van der Waals surface area contributed by atoms with Gasteiger partial charge in [-0.1, -0.05) is 13.8 Å². The minimum Gasteiger partial charge on any atom is -0.380 e. The summed E-state index contributed by atoms with van der Waals surface area (Å²) in [6.45, 7) is 4.39. The summed E-state index contributed by atoms with van der Waals surface area (Å²) in [5.74, 6) is -0.144. The highest BCUT2D eigenvalue weighted by molar-refractivity contribution is 5.80. The molecule has 2 N–H and O–H groups in total. The second-order valence-electron chi connectivity index (χ2n) is 3.20. The molecule has 0 aliphatic rings. The van der Waals surface area contributed by atoms with Crippen LogP contribution in [0.15, 0.2) is 0 Å². The predicted octanol–water partition coefficient (Wildman–Crippen LogP) is 0.494. The lowest BCUT2D eigenvalue weighted by Gasteiger charge is -2.04. The third-order valence-electron chi connectivity index (χ3n) is 1.63. The number of carbonyl (C=O) groups is 2. The first-order valence-corrected chi connectivity index (χ1v) is 4.42. The molecule has 0 aromatic rings. The maximum Gasteiger partial charge on any atom is 0.219 e. The fraction of sp³-hybridized carbons (Fsp3) is 0.778. The van der Waals surface area contributed by atoms with Crippen LogP contribution in [0.4, 0.5) is 0 Å². The van der Waals surface area contributed by atoms with Crippen molar-refractivity contribution < 1.29 is 14.3 Å². The van der Waals surface area contributed by atoms with Crippen molar-refractivity contribution in [3.63, 3.8) is 0 Å². The lowest BCUT2D eigenvalue weighted by molar-refractivity contribution is -0.123. The Morgan fingerprint density at radius 2 is 1.77 bits per heavy atom. The summed E-state index contributed by atoms with van der Waals surface area (Å²) in [6, 6.07) is 0. The van der Waals surface area contributed by atoms with Crippen molar-refractivity contribution in [2.24, 2.45) is 11.7 Å². The molecule has 13 heavy (non-hydrogen) atoms. The SMILES string of the molecule is CC(C)C(=O)CCOCCC(N)=O. The van der Waals surface area contributed by atoms with Gasteiger partial charge in [0.2, 0.25) is 5.91 Å². The molecule has 0 rings (SSSR count). The monoisotopic (exact) mass is 187 g/mol. The quantitative estimate of drug-likeness (QED) is 0.590. The molecule has 0 heterocycles. The number of carbonyl (C=O) groups excluding carboxylic acids is 2. The van der Waals surface area contributed by atoms with Gasteiger partial charge in [0.05, 0.1) is 13.2 Å². The summed E-state index contributed by atoms with van der Waals surface area (Å²) in [7, 11) is 0. The number of nitrogens with two attached hydrogens (primary N) is 1. The van der Waals surface area contributed by atoms with E-state index in [1.165, 1.54) is 0 Å². The van der Waals surface area contributed by atoms with E-state index in [0.29, 0.717) is 19.6 Å². The lowest BCUT2D eigenvalue weighted by atomic mass is 10.1. The molecule has 0 fully saturated rings. The molecule has 0 aliphatic heterocycles. The standard InChI is InChI=1S/C9H17NO3/c1-7(2)8(11)3-5-13-6-4-9(10)12/h7H,3-6H2,1-2H3,(H2,10,12). The fourth-order valence-corrected chi connectivity index (χ4v) is 0.736. The summed E-state index contributed by atoms with van der Waals surface area (Å²) < 4.78 is 5.04. The van der Waals surface area contributed by atoms with Crippen LogP contribution in [0.5, 0.6) is 0 Å². The molecule has 0 aromatic heterocycles. The van der Waals surface area contributed by atoms with E-state index in [1.54, 1.807) is 0 Å². The van der Waals surface area contributed by atoms with Gasteiger partial charge in [-0.3, -0.25) is 9.59 Å². The van der Waals surface area contributed by atoms with Gasteiger partial charge in [-0.2, -0.15) is 0 Å². The third-order valence-corrected chi connectivity index (χ3v) is 1.63. The molecule has 0 spiro atoms. The Bertz CT molecular complexity index is 178. The van der Waals surface area contributed by atoms with Gasteiger partial charge in [-0.05, 0) is 0 Å².